The van der Waals surface area contributed by atoms with Crippen molar-refractivity contribution in [1.29, 1.82) is 0 Å². The summed E-state index contributed by atoms with van der Waals surface area (Å²) in [5.41, 5.74) is -4.51. The van der Waals surface area contributed by atoms with Crippen LogP contribution in [0.4, 0.5) is 57.4 Å². The van der Waals surface area contributed by atoms with Crippen molar-refractivity contribution in [2.75, 3.05) is 21.3 Å². The fraction of sp³-hybridized carbons (Fsp3) is 0. The number of aromatic nitrogens is 6. The molecule has 9 rings (SSSR count). The van der Waals surface area contributed by atoms with Gasteiger partial charge in [-0.25, -0.2) is 9.98 Å². The van der Waals surface area contributed by atoms with Crippen LogP contribution >= 0.6 is 69.6 Å². The second-order valence-electron chi connectivity index (χ2n) is 14.8. The molecule has 0 amide bonds. The van der Waals surface area contributed by atoms with Crippen molar-refractivity contribution in [2.24, 2.45) is 9.98 Å². The molecular formula is C36H18Cl6N12O17S5. The number of ether oxygens (including phenoxy) is 2. The Hall–Kier alpha value is -6.19. The molecular weight excluding hydrogens is 1250 g/mol. The van der Waals surface area contributed by atoms with Gasteiger partial charge in [-0.2, -0.15) is 72.0 Å². The predicted molar refractivity (Wildman–Crippen MR) is 266 cm³/mol. The van der Waals surface area contributed by atoms with Gasteiger partial charge in [0.25, 0.3) is 50.6 Å². The number of halogens is 6. The molecule has 0 saturated heterocycles. The molecule has 0 bridgehead atoms. The van der Waals surface area contributed by atoms with Gasteiger partial charge in [-0.05, 0) is 101 Å². The highest BCUT2D eigenvalue weighted by atomic mass is 35.5. The Morgan fingerprint density at radius 1 is 0.382 bits per heavy atom. The van der Waals surface area contributed by atoms with Gasteiger partial charge in [0.15, 0.2) is 32.8 Å². The Bertz CT molecular complexity index is 4460. The summed E-state index contributed by atoms with van der Waals surface area (Å²) in [7, 11) is -27.5. The maximum absolute atomic E-state index is 13.2. The van der Waals surface area contributed by atoms with Crippen LogP contribution in [0.5, 0.6) is 23.0 Å². The molecule has 0 atom stereocenters. The van der Waals surface area contributed by atoms with Gasteiger partial charge >= 0.3 is 0 Å². The molecule has 29 nitrogen and oxygen atoms in total. The number of rotatable bonds is 13. The average Bonchev–Trinajstić information content (AvgIpc) is 3.30. The molecule has 9 N–H and O–H groups in total. The fourth-order valence-electron chi connectivity index (χ4n) is 7.13. The molecule has 396 valence electrons. The highest BCUT2D eigenvalue weighted by Crippen LogP contribution is 2.50. The fourth-order valence-corrected chi connectivity index (χ4v) is 12.7. The van der Waals surface area contributed by atoms with E-state index in [-0.39, 0.29) is 22.2 Å². The van der Waals surface area contributed by atoms with E-state index in [0.717, 1.165) is 48.5 Å². The number of anilines is 8. The molecule has 0 spiro atoms. The zero-order chi connectivity index (χ0) is 55.4. The smallest absolute Gasteiger partial charge is 0.300 e. The minimum Gasteiger partial charge on any atom is -0.450 e. The van der Waals surface area contributed by atoms with Gasteiger partial charge in [-0.1, -0.05) is 23.2 Å². The Morgan fingerprint density at radius 3 is 1.12 bits per heavy atom. The van der Waals surface area contributed by atoms with Gasteiger partial charge < -0.3 is 30.7 Å². The van der Waals surface area contributed by atoms with E-state index in [1.54, 1.807) is 0 Å². The van der Waals surface area contributed by atoms with Gasteiger partial charge in [0, 0.05) is 5.69 Å². The molecule has 2 aromatic heterocycles. The van der Waals surface area contributed by atoms with Crippen molar-refractivity contribution in [3.05, 3.63) is 96.5 Å². The zero-order valence-electron chi connectivity index (χ0n) is 35.7. The van der Waals surface area contributed by atoms with Crippen molar-refractivity contribution in [2.45, 2.75) is 24.5 Å². The lowest BCUT2D eigenvalue weighted by Crippen LogP contribution is -2.23. The molecule has 0 fully saturated rings. The molecule has 40 heteroatoms. The number of hydrogen-bond acceptors (Lipinski definition) is 24. The predicted octanol–water partition coefficient (Wildman–Crippen LogP) is 7.30. The lowest BCUT2D eigenvalue weighted by molar-refractivity contribution is 0.428. The van der Waals surface area contributed by atoms with Crippen LogP contribution in [0.25, 0.3) is 0 Å². The first-order valence-electron chi connectivity index (χ1n) is 19.3. The van der Waals surface area contributed by atoms with Crippen molar-refractivity contribution in [3.8, 4) is 23.0 Å². The van der Waals surface area contributed by atoms with E-state index >= 15 is 0 Å². The Labute approximate surface area is 453 Å². The number of benzene rings is 5. The van der Waals surface area contributed by atoms with Crippen LogP contribution in [0, 0.1) is 0 Å². The van der Waals surface area contributed by atoms with Crippen LogP contribution in [0.3, 0.4) is 0 Å². The summed E-state index contributed by atoms with van der Waals surface area (Å²) in [6, 6.07) is 8.70. The molecule has 0 saturated carbocycles. The average molecular weight is 1260 g/mol. The van der Waals surface area contributed by atoms with E-state index in [1.807, 2.05) is 0 Å². The topological polar surface area (TPSA) is 440 Å². The van der Waals surface area contributed by atoms with Crippen molar-refractivity contribution < 1.29 is 74.3 Å². The van der Waals surface area contributed by atoms with Gasteiger partial charge in [-0.3, -0.25) is 22.8 Å². The summed E-state index contributed by atoms with van der Waals surface area (Å²) in [6.07, 6.45) is 0. The van der Waals surface area contributed by atoms with Crippen LogP contribution in [0.2, 0.25) is 31.2 Å². The Kier molecular flexibility index (Phi) is 13.9. The zero-order valence-corrected chi connectivity index (χ0v) is 44.3. The summed E-state index contributed by atoms with van der Waals surface area (Å²) >= 11 is 36.7. The molecule has 5 aromatic carbocycles. The largest absolute Gasteiger partial charge is 0.450 e. The van der Waals surface area contributed by atoms with E-state index in [2.05, 4.69) is 61.2 Å². The van der Waals surface area contributed by atoms with Crippen LogP contribution in [0.1, 0.15) is 0 Å². The summed E-state index contributed by atoms with van der Waals surface area (Å²) < 4.78 is 193. The first-order chi connectivity index (χ1) is 35.3. The van der Waals surface area contributed by atoms with Crippen LogP contribution in [0.15, 0.2) is 89.1 Å². The maximum Gasteiger partial charge on any atom is 0.300 e. The van der Waals surface area contributed by atoms with Crippen LogP contribution in [-0.2, 0) is 50.6 Å². The first kappa shape index (κ1) is 54.6. The molecule has 2 aliphatic heterocycles. The van der Waals surface area contributed by atoms with Gasteiger partial charge in [0.1, 0.15) is 46.8 Å². The Morgan fingerprint density at radius 2 is 0.724 bits per heavy atom. The first-order valence-corrected chi connectivity index (χ1v) is 28.8. The highest BCUT2D eigenvalue weighted by molar-refractivity contribution is 7.89. The van der Waals surface area contributed by atoms with Crippen LogP contribution in [-0.4, -0.2) is 94.8 Å². The van der Waals surface area contributed by atoms with E-state index < -0.39 is 175 Å². The standard InChI is InChI=1S/C36H18Cl6N12O17S5/c37-19-22-26(71-24-13(47-22)4-6-15(28(24)74(61,62)63)45-16-7-8-17(48-36-53-33(41)50-34(42)54-36)30(76(67,68)69)29(16)75(64,65)66)20(38)21-25(19)70-23-12(46-21)3-5-14(27(23)73(58,59)60)44-11-2-1-10(9-18(11)72(55,56)57)43-35-51-31(39)49-32(40)52-35/h1-9,44-45H,(H,55,56,57)(H,58,59,60)(H,61,62,63)(H,64,65,66)(H,67,68,69)(H,43,49,51,52)(H,48,50,53,54). The number of fused-ring (bicyclic) bond motifs is 4. The third kappa shape index (κ3) is 10.7. The number of hydrogen-bond donors (Lipinski definition) is 9. The SMILES string of the molecule is O=S(=O)(O)c1cc(Nc2nc(Cl)nc(Cl)n2)ccc1Nc1ccc2c(c1S(=O)(=O)O)Oc1c(Cl)c3c(c(Cl)c1=N2)Oc1c(ccc(Nc2ccc(Nc4nc(Cl)nc(Cl)n4)c(S(=O)(=O)O)c2S(=O)(=O)O)c1S(=O)(=O)O)N=3. The normalized spacial score (nSPS) is 13.1. The van der Waals surface area contributed by atoms with Crippen molar-refractivity contribution >= 4 is 178 Å². The highest BCUT2D eigenvalue weighted by Gasteiger charge is 2.37. The van der Waals surface area contributed by atoms with Crippen molar-refractivity contribution in [1.82, 2.24) is 29.9 Å². The van der Waals surface area contributed by atoms with Gasteiger partial charge in [0.05, 0.1) is 28.4 Å². The molecule has 2 aliphatic rings. The van der Waals surface area contributed by atoms with Crippen LogP contribution < -0.4 is 41.5 Å². The van der Waals surface area contributed by atoms with E-state index in [9.17, 15) is 64.9 Å². The quantitative estimate of drug-likeness (QED) is 0.0511. The minimum atomic E-state index is -5.75. The summed E-state index contributed by atoms with van der Waals surface area (Å²) in [4.78, 5) is 24.3. The third-order valence-electron chi connectivity index (χ3n) is 9.91. The van der Waals surface area contributed by atoms with E-state index in [0.29, 0.717) is 0 Å². The third-order valence-corrected chi connectivity index (χ3v) is 16.0. The molecule has 76 heavy (non-hydrogen) atoms. The van der Waals surface area contributed by atoms with Crippen molar-refractivity contribution in [3.63, 3.8) is 0 Å². The van der Waals surface area contributed by atoms with Gasteiger partial charge in [-0.15, -0.1) is 0 Å². The molecule has 0 unspecified atom stereocenters. The second kappa shape index (κ2) is 19.4. The molecule has 0 radical (unpaired) electrons. The molecule has 4 heterocycles. The lowest BCUT2D eigenvalue weighted by atomic mass is 10.1. The second-order valence-corrected chi connectivity index (χ2v) is 23.7. The summed E-state index contributed by atoms with van der Waals surface area (Å²) in [6.45, 7) is 0. The van der Waals surface area contributed by atoms with E-state index in [1.165, 1.54) is 6.07 Å². The monoisotopic (exact) mass is 1260 g/mol. The lowest BCUT2D eigenvalue weighted by Gasteiger charge is -2.24. The van der Waals surface area contributed by atoms with Gasteiger partial charge in [0.2, 0.25) is 33.0 Å². The number of nitrogens with one attached hydrogen (secondary N) is 4. The minimum absolute atomic E-state index is 0.0626. The maximum atomic E-state index is 13.2. The molecule has 0 aliphatic carbocycles. The summed E-state index contributed by atoms with van der Waals surface area (Å²) in [5.74, 6) is -3.56. The number of nitrogens with zero attached hydrogens (tertiary/aromatic N) is 8. The molecule has 7 aromatic rings. The summed E-state index contributed by atoms with van der Waals surface area (Å²) in [5, 5.41) is 5.94. The Balaban J connectivity index is 1.12. The van der Waals surface area contributed by atoms with E-state index in [4.69, 9.17) is 79.1 Å².